The van der Waals surface area contributed by atoms with Crippen LogP contribution < -0.4 is 20.7 Å². The molecule has 2 heterocycles. The number of esters is 2. The van der Waals surface area contributed by atoms with Crippen molar-refractivity contribution in [1.29, 1.82) is 0 Å². The molecule has 0 unspecified atom stereocenters. The first kappa shape index (κ1) is 58.7. The van der Waals surface area contributed by atoms with Crippen LogP contribution in [0.3, 0.4) is 0 Å². The number of amides is 4. The van der Waals surface area contributed by atoms with Gasteiger partial charge in [0.2, 0.25) is 33.7 Å². The van der Waals surface area contributed by atoms with Gasteiger partial charge < -0.3 is 40.2 Å². The van der Waals surface area contributed by atoms with Crippen LogP contribution in [0.5, 0.6) is 5.75 Å². The molecule has 4 N–H and O–H groups in total. The van der Waals surface area contributed by atoms with Crippen molar-refractivity contribution in [3.63, 3.8) is 0 Å². The summed E-state index contributed by atoms with van der Waals surface area (Å²) in [6, 6.07) is 0.751. The first-order chi connectivity index (χ1) is 32.1. The zero-order chi connectivity index (χ0) is 52.2. The van der Waals surface area contributed by atoms with Crippen molar-refractivity contribution >= 4 is 51.4 Å². The lowest BCUT2D eigenvalue weighted by atomic mass is 9.91. The smallest absolute Gasteiger partial charge is 0.324 e. The van der Waals surface area contributed by atoms with Crippen LogP contribution in [0.15, 0.2) is 24.3 Å². The van der Waals surface area contributed by atoms with Crippen LogP contribution in [0.1, 0.15) is 113 Å². The number of cyclic esters (lactones) is 2. The first-order valence-electron chi connectivity index (χ1n) is 24.2. The molecule has 3 rings (SSSR count). The number of carbonyl (C=O) groups excluding carboxylic acids is 7. The maximum atomic E-state index is 14.8. The Morgan fingerprint density at radius 3 is 2.12 bits per heavy atom. The lowest BCUT2D eigenvalue weighted by molar-refractivity contribution is -0.163. The zero-order valence-electron chi connectivity index (χ0n) is 43.1. The molecule has 0 aliphatic carbocycles. The monoisotopic (exact) mass is 993 g/mol. The van der Waals surface area contributed by atoms with Crippen LogP contribution in [0.4, 0.5) is 0 Å². The van der Waals surface area contributed by atoms with Gasteiger partial charge >= 0.3 is 11.9 Å². The summed E-state index contributed by atoms with van der Waals surface area (Å²) in [5, 5.41) is 19.9. The SMILES string of the molecule is CC[C@H](C)[C@H]1NC(=O)[C@@H](NC(=O)[C@@H](CC(C)C)N(C)S(C)(=O)=O)[C@@H](C)OC(=O)[C@H](Cc2ccc(OC)cc2)N(C)[C@@H]2CCCN2C(=O)[C@H](CC(C)C)NC(=O)[C@@H](C)C(=O)[C@H](C(C)C)OC(=O)C[C@@H]1O. The Bertz CT molecular complexity index is 2050. The fourth-order valence-electron chi connectivity index (χ4n) is 8.79. The van der Waals surface area contributed by atoms with E-state index in [4.69, 9.17) is 14.2 Å². The van der Waals surface area contributed by atoms with Crippen LogP contribution in [0.25, 0.3) is 0 Å². The number of nitrogens with zero attached hydrogens (tertiary/aromatic N) is 3. The fraction of sp³-hybridized carbons (Fsp3) is 0.735. The molecule has 2 saturated heterocycles. The van der Waals surface area contributed by atoms with Gasteiger partial charge in [-0.3, -0.25) is 38.5 Å². The molecule has 2 fully saturated rings. The van der Waals surface area contributed by atoms with Crippen molar-refractivity contribution in [1.82, 2.24) is 30.1 Å². The van der Waals surface area contributed by atoms with Gasteiger partial charge in [-0.05, 0) is 94.4 Å². The quantitative estimate of drug-likeness (QED) is 0.155. The van der Waals surface area contributed by atoms with Crippen molar-refractivity contribution in [3.8, 4) is 5.75 Å². The lowest BCUT2D eigenvalue weighted by Gasteiger charge is -2.39. The summed E-state index contributed by atoms with van der Waals surface area (Å²) in [6.07, 6.45) is -3.12. The van der Waals surface area contributed by atoms with Gasteiger partial charge in [-0.25, -0.2) is 8.42 Å². The van der Waals surface area contributed by atoms with E-state index < -0.39 is 130 Å². The van der Waals surface area contributed by atoms with E-state index in [1.165, 1.54) is 28.0 Å². The molecule has 20 heteroatoms. The molecule has 11 atom stereocenters. The maximum Gasteiger partial charge on any atom is 0.324 e. The zero-order valence-corrected chi connectivity index (χ0v) is 44.0. The number of carbonyl (C=O) groups is 7. The Balaban J connectivity index is 2.28. The largest absolute Gasteiger partial charge is 0.497 e. The molecule has 0 bridgehead atoms. The highest BCUT2D eigenvalue weighted by Gasteiger charge is 2.44. The highest BCUT2D eigenvalue weighted by atomic mass is 32.2. The topological polar surface area (TPSA) is 247 Å². The minimum Gasteiger partial charge on any atom is -0.497 e. The normalized spacial score (nSPS) is 27.8. The highest BCUT2D eigenvalue weighted by Crippen LogP contribution is 2.28. The number of nitrogens with one attached hydrogen (secondary N) is 3. The van der Waals surface area contributed by atoms with E-state index in [2.05, 4.69) is 16.0 Å². The summed E-state index contributed by atoms with van der Waals surface area (Å²) in [4.78, 5) is 103. The predicted molar refractivity (Wildman–Crippen MR) is 259 cm³/mol. The summed E-state index contributed by atoms with van der Waals surface area (Å²) >= 11 is 0. The van der Waals surface area contributed by atoms with Crippen molar-refractivity contribution < 1.29 is 61.3 Å². The number of aliphatic hydroxyl groups excluding tert-OH is 1. The van der Waals surface area contributed by atoms with Crippen LogP contribution in [0, 0.1) is 29.6 Å². The van der Waals surface area contributed by atoms with Gasteiger partial charge in [0, 0.05) is 13.6 Å². The van der Waals surface area contributed by atoms with Crippen LogP contribution in [-0.2, 0) is 59.5 Å². The highest BCUT2D eigenvalue weighted by molar-refractivity contribution is 7.88. The Hall–Kier alpha value is -4.66. The minimum atomic E-state index is -3.93. The molecule has 0 saturated carbocycles. The second-order valence-electron chi connectivity index (χ2n) is 20.1. The number of fused-ring (bicyclic) bond motifs is 1. The third-order valence-electron chi connectivity index (χ3n) is 13.3. The standard InChI is InChI=1S/C49H80N6O13S/c1-15-30(8)41-38(56)26-40(57)68-44(29(6)7)43(58)31(9)45(59)50-35(23-27(2)3)48(62)55-22-16-17-39(55)53(11)37(25-33-18-20-34(66-13)21-19-33)49(63)67-32(10)42(47(61)51-41)52-46(60)36(24-28(4)5)54(12)69(14,64)65/h18-21,27-32,35-39,41-42,44,56H,15-17,22-26H2,1-14H3,(H,50,59)(H,51,61)(H,52,60)/t30-,31-,32+,35-,36+,37-,38-,39-,41+,42-,44-/m0/s1. The molecule has 390 valence electrons. The van der Waals surface area contributed by atoms with Crippen molar-refractivity contribution in [2.75, 3.05) is 34.0 Å². The number of sulfonamides is 1. The van der Waals surface area contributed by atoms with Crippen molar-refractivity contribution in [2.45, 2.75) is 169 Å². The number of ketones is 1. The molecule has 1 aromatic rings. The number of ether oxygens (including phenoxy) is 3. The minimum absolute atomic E-state index is 0.0601. The van der Waals surface area contributed by atoms with Crippen molar-refractivity contribution in [3.05, 3.63) is 29.8 Å². The van der Waals surface area contributed by atoms with E-state index >= 15 is 0 Å². The van der Waals surface area contributed by atoms with E-state index in [-0.39, 0.29) is 37.6 Å². The number of aliphatic hydroxyl groups is 1. The van der Waals surface area contributed by atoms with E-state index in [9.17, 15) is 47.1 Å². The van der Waals surface area contributed by atoms with Gasteiger partial charge in [-0.15, -0.1) is 0 Å². The fourth-order valence-corrected chi connectivity index (χ4v) is 9.43. The van der Waals surface area contributed by atoms with Gasteiger partial charge in [0.15, 0.2) is 11.9 Å². The number of Topliss-reactive ketones (excluding diaryl/α,β-unsaturated/α-hetero) is 1. The molecular formula is C49H80N6O13S. The lowest BCUT2D eigenvalue weighted by Crippen LogP contribution is -2.61. The number of benzene rings is 1. The second-order valence-corrected chi connectivity index (χ2v) is 22.1. The predicted octanol–water partition coefficient (Wildman–Crippen LogP) is 2.81. The van der Waals surface area contributed by atoms with Gasteiger partial charge in [0.05, 0.1) is 44.0 Å². The Kier molecular flexibility index (Phi) is 22.1. The maximum absolute atomic E-state index is 14.8. The molecular weight excluding hydrogens is 913 g/mol. The Morgan fingerprint density at radius 1 is 0.957 bits per heavy atom. The third kappa shape index (κ3) is 16.2. The van der Waals surface area contributed by atoms with E-state index in [0.29, 0.717) is 30.6 Å². The summed E-state index contributed by atoms with van der Waals surface area (Å²) in [6.45, 7) is 17.3. The molecule has 0 aromatic heterocycles. The van der Waals surface area contributed by atoms with E-state index in [1.807, 2.05) is 13.8 Å². The van der Waals surface area contributed by atoms with Gasteiger partial charge in [0.25, 0.3) is 0 Å². The molecule has 0 spiro atoms. The second kappa shape index (κ2) is 26.0. The first-order valence-corrected chi connectivity index (χ1v) is 26.1. The van der Waals surface area contributed by atoms with Crippen LogP contribution >= 0.6 is 0 Å². The van der Waals surface area contributed by atoms with Gasteiger partial charge in [0.1, 0.15) is 36.0 Å². The Morgan fingerprint density at radius 2 is 1.58 bits per heavy atom. The molecule has 4 amide bonds. The summed E-state index contributed by atoms with van der Waals surface area (Å²) in [5.74, 6) is -7.55. The van der Waals surface area contributed by atoms with Crippen LogP contribution in [0.2, 0.25) is 0 Å². The van der Waals surface area contributed by atoms with E-state index in [0.717, 1.165) is 10.6 Å². The van der Waals surface area contributed by atoms with Crippen molar-refractivity contribution in [2.24, 2.45) is 29.6 Å². The number of rotatable bonds is 14. The average molecular weight is 993 g/mol. The summed E-state index contributed by atoms with van der Waals surface area (Å²) in [5.41, 5.74) is 0.699. The van der Waals surface area contributed by atoms with Crippen LogP contribution in [-0.4, -0.2) is 158 Å². The summed E-state index contributed by atoms with van der Waals surface area (Å²) in [7, 11) is 0.534. The number of hydrogen-bond acceptors (Lipinski definition) is 14. The Labute approximate surface area is 409 Å². The average Bonchev–Trinajstić information content (AvgIpc) is 3.77. The molecule has 0 radical (unpaired) electrons. The molecule has 2 aliphatic heterocycles. The van der Waals surface area contributed by atoms with Gasteiger partial charge in [-0.2, -0.15) is 4.31 Å². The molecule has 2 aliphatic rings. The molecule has 69 heavy (non-hydrogen) atoms. The number of hydrogen-bond donors (Lipinski definition) is 4. The number of likely N-dealkylation sites (N-methyl/N-ethyl adjacent to an activating group) is 2. The molecule has 19 nitrogen and oxygen atoms in total. The molecule has 1 aromatic carbocycles. The number of methoxy groups -OCH3 is 1. The summed E-state index contributed by atoms with van der Waals surface area (Å²) < 4.78 is 43.7. The third-order valence-corrected chi connectivity index (χ3v) is 14.6. The van der Waals surface area contributed by atoms with E-state index in [1.54, 1.807) is 82.7 Å². The van der Waals surface area contributed by atoms with Gasteiger partial charge in [-0.1, -0.05) is 73.9 Å².